The summed E-state index contributed by atoms with van der Waals surface area (Å²) in [5, 5.41) is 3.40. The molecule has 0 bridgehead atoms. The third-order valence-electron chi connectivity index (χ3n) is 5.85. The predicted octanol–water partition coefficient (Wildman–Crippen LogP) is 4.42. The van der Waals surface area contributed by atoms with E-state index in [2.05, 4.69) is 10.3 Å². The van der Waals surface area contributed by atoms with Crippen LogP contribution in [0.25, 0.3) is 16.9 Å². The van der Waals surface area contributed by atoms with Crippen LogP contribution in [-0.4, -0.2) is 44.3 Å². The van der Waals surface area contributed by atoms with Crippen molar-refractivity contribution >= 4 is 17.4 Å². The van der Waals surface area contributed by atoms with E-state index in [0.717, 1.165) is 47.7 Å². The second-order valence-corrected chi connectivity index (χ2v) is 8.00. The minimum absolute atomic E-state index is 0.0266. The summed E-state index contributed by atoms with van der Waals surface area (Å²) in [5.74, 6) is 0.864. The number of rotatable bonds is 5. The standard InChI is InChI=1S/C25H25N5O/c1-18-12-13-21(26-16-18)27-17-20-10-7-15-29(20)25(31)24-23(19-8-3-2-4-9-19)28-22-11-5-6-14-30(22)24/h2-6,8-9,11-14,16,20H,7,10,15,17H2,1H3,(H,26,27)/t20-/m0/s1. The van der Waals surface area contributed by atoms with E-state index in [0.29, 0.717) is 12.2 Å². The third kappa shape index (κ3) is 3.77. The monoisotopic (exact) mass is 411 g/mol. The molecule has 31 heavy (non-hydrogen) atoms. The summed E-state index contributed by atoms with van der Waals surface area (Å²) in [6, 6.07) is 19.9. The summed E-state index contributed by atoms with van der Waals surface area (Å²) in [4.78, 5) is 25.0. The number of hydrogen-bond donors (Lipinski definition) is 1. The second kappa shape index (κ2) is 8.22. The molecular weight excluding hydrogens is 386 g/mol. The van der Waals surface area contributed by atoms with E-state index in [-0.39, 0.29) is 11.9 Å². The molecule has 6 heteroatoms. The first-order valence-corrected chi connectivity index (χ1v) is 10.7. The Morgan fingerprint density at radius 2 is 1.94 bits per heavy atom. The first-order chi connectivity index (χ1) is 15.2. The van der Waals surface area contributed by atoms with E-state index >= 15 is 0 Å². The largest absolute Gasteiger partial charge is 0.368 e. The number of aryl methyl sites for hydroxylation is 1. The fourth-order valence-electron chi connectivity index (χ4n) is 4.24. The zero-order valence-electron chi connectivity index (χ0n) is 17.5. The summed E-state index contributed by atoms with van der Waals surface area (Å²) in [7, 11) is 0. The number of nitrogens with zero attached hydrogens (tertiary/aromatic N) is 4. The van der Waals surface area contributed by atoms with Crippen molar-refractivity contribution < 1.29 is 4.79 Å². The summed E-state index contributed by atoms with van der Waals surface area (Å²) < 4.78 is 1.91. The van der Waals surface area contributed by atoms with Gasteiger partial charge in [0, 0.05) is 37.1 Å². The van der Waals surface area contributed by atoms with Crippen LogP contribution in [0.2, 0.25) is 0 Å². The Balaban J connectivity index is 1.45. The highest BCUT2D eigenvalue weighted by molar-refractivity contribution is 6.00. The van der Waals surface area contributed by atoms with Gasteiger partial charge >= 0.3 is 0 Å². The molecule has 0 unspecified atom stereocenters. The van der Waals surface area contributed by atoms with Crippen molar-refractivity contribution in [1.82, 2.24) is 19.3 Å². The molecule has 3 aromatic heterocycles. The highest BCUT2D eigenvalue weighted by Crippen LogP contribution is 2.28. The van der Waals surface area contributed by atoms with E-state index in [9.17, 15) is 4.79 Å². The Morgan fingerprint density at radius 1 is 1.10 bits per heavy atom. The number of carbonyl (C=O) groups is 1. The molecule has 0 radical (unpaired) electrons. The summed E-state index contributed by atoms with van der Waals surface area (Å²) >= 11 is 0. The SMILES string of the molecule is Cc1ccc(NC[C@@H]2CCCN2C(=O)c2c(-c3ccccc3)nc3ccccn23)nc1. The van der Waals surface area contributed by atoms with Gasteiger partial charge in [0.25, 0.3) is 5.91 Å². The maximum Gasteiger partial charge on any atom is 0.273 e. The number of imidazole rings is 1. The number of anilines is 1. The zero-order chi connectivity index (χ0) is 21.2. The van der Waals surface area contributed by atoms with Crippen LogP contribution in [0.5, 0.6) is 0 Å². The van der Waals surface area contributed by atoms with Gasteiger partial charge in [-0.3, -0.25) is 9.20 Å². The molecule has 0 spiro atoms. The van der Waals surface area contributed by atoms with Gasteiger partial charge in [0.15, 0.2) is 0 Å². The van der Waals surface area contributed by atoms with Crippen LogP contribution < -0.4 is 5.32 Å². The minimum Gasteiger partial charge on any atom is -0.368 e. The Bertz CT molecular complexity index is 1200. The highest BCUT2D eigenvalue weighted by atomic mass is 16.2. The van der Waals surface area contributed by atoms with Gasteiger partial charge in [-0.2, -0.15) is 0 Å². The zero-order valence-corrected chi connectivity index (χ0v) is 17.5. The van der Waals surface area contributed by atoms with E-state index in [4.69, 9.17) is 4.98 Å². The molecule has 4 aromatic rings. The number of pyridine rings is 2. The van der Waals surface area contributed by atoms with Gasteiger partial charge in [-0.05, 0) is 43.5 Å². The van der Waals surface area contributed by atoms with Gasteiger partial charge in [-0.1, -0.05) is 42.5 Å². The maximum absolute atomic E-state index is 13.8. The molecule has 1 fully saturated rings. The topological polar surface area (TPSA) is 62.5 Å². The van der Waals surface area contributed by atoms with Crippen molar-refractivity contribution in [2.24, 2.45) is 0 Å². The molecule has 1 saturated heterocycles. The Labute approximate surface area is 181 Å². The average molecular weight is 412 g/mol. The van der Waals surface area contributed by atoms with E-state index in [1.807, 2.05) is 89.3 Å². The summed E-state index contributed by atoms with van der Waals surface area (Å²) in [6.07, 6.45) is 5.74. The van der Waals surface area contributed by atoms with Gasteiger partial charge in [-0.25, -0.2) is 9.97 Å². The lowest BCUT2D eigenvalue weighted by Gasteiger charge is -2.25. The molecule has 4 heterocycles. The fraction of sp³-hybridized carbons (Fsp3) is 0.240. The molecule has 1 aliphatic heterocycles. The molecular formula is C25H25N5O. The van der Waals surface area contributed by atoms with Crippen molar-refractivity contribution in [1.29, 1.82) is 0 Å². The van der Waals surface area contributed by atoms with Crippen molar-refractivity contribution in [2.45, 2.75) is 25.8 Å². The van der Waals surface area contributed by atoms with Crippen LogP contribution >= 0.6 is 0 Å². The number of hydrogen-bond acceptors (Lipinski definition) is 4. The average Bonchev–Trinajstić information content (AvgIpc) is 3.44. The molecule has 0 saturated carbocycles. The number of fused-ring (bicyclic) bond motifs is 1. The van der Waals surface area contributed by atoms with Crippen LogP contribution in [0.4, 0.5) is 5.82 Å². The molecule has 1 N–H and O–H groups in total. The quantitative estimate of drug-likeness (QED) is 0.528. The molecule has 1 atom stereocenters. The molecule has 1 amide bonds. The van der Waals surface area contributed by atoms with Crippen LogP contribution in [0.15, 0.2) is 73.1 Å². The number of likely N-dealkylation sites (tertiary alicyclic amines) is 1. The Morgan fingerprint density at radius 3 is 2.74 bits per heavy atom. The molecule has 0 aliphatic carbocycles. The second-order valence-electron chi connectivity index (χ2n) is 8.00. The van der Waals surface area contributed by atoms with Crippen molar-refractivity contribution in [3.8, 4) is 11.3 Å². The number of aromatic nitrogens is 3. The molecule has 5 rings (SSSR count). The van der Waals surface area contributed by atoms with E-state index < -0.39 is 0 Å². The molecule has 156 valence electrons. The van der Waals surface area contributed by atoms with Gasteiger partial charge < -0.3 is 10.2 Å². The number of nitrogens with one attached hydrogen (secondary N) is 1. The van der Waals surface area contributed by atoms with Crippen molar-refractivity contribution in [2.75, 3.05) is 18.4 Å². The smallest absolute Gasteiger partial charge is 0.273 e. The fourth-order valence-corrected chi connectivity index (χ4v) is 4.24. The van der Waals surface area contributed by atoms with Crippen molar-refractivity contribution in [3.05, 3.63) is 84.3 Å². The highest BCUT2D eigenvalue weighted by Gasteiger charge is 2.33. The number of benzene rings is 1. The normalized spacial score (nSPS) is 16.0. The lowest BCUT2D eigenvalue weighted by molar-refractivity contribution is 0.0737. The Kier molecular flexibility index (Phi) is 5.12. The van der Waals surface area contributed by atoms with Crippen LogP contribution in [0.3, 0.4) is 0 Å². The summed E-state index contributed by atoms with van der Waals surface area (Å²) in [5.41, 5.74) is 4.22. The Hall–Kier alpha value is -3.67. The van der Waals surface area contributed by atoms with Gasteiger partial charge in [0.05, 0.1) is 0 Å². The third-order valence-corrected chi connectivity index (χ3v) is 5.85. The van der Waals surface area contributed by atoms with Gasteiger partial charge in [0.1, 0.15) is 22.9 Å². The molecule has 1 aliphatic rings. The lowest BCUT2D eigenvalue weighted by atomic mass is 10.1. The minimum atomic E-state index is 0.0266. The van der Waals surface area contributed by atoms with E-state index in [1.54, 1.807) is 0 Å². The van der Waals surface area contributed by atoms with Crippen LogP contribution in [0, 0.1) is 6.92 Å². The predicted molar refractivity (Wildman–Crippen MR) is 122 cm³/mol. The molecule has 6 nitrogen and oxygen atoms in total. The lowest BCUT2D eigenvalue weighted by Crippen LogP contribution is -2.40. The first kappa shape index (κ1) is 19.3. The van der Waals surface area contributed by atoms with Crippen LogP contribution in [0.1, 0.15) is 28.9 Å². The van der Waals surface area contributed by atoms with E-state index in [1.165, 1.54) is 0 Å². The number of amides is 1. The van der Waals surface area contributed by atoms with Gasteiger partial charge in [-0.15, -0.1) is 0 Å². The van der Waals surface area contributed by atoms with Gasteiger partial charge in [0.2, 0.25) is 0 Å². The van der Waals surface area contributed by atoms with Crippen molar-refractivity contribution in [3.63, 3.8) is 0 Å². The first-order valence-electron chi connectivity index (χ1n) is 10.7. The number of carbonyl (C=O) groups excluding carboxylic acids is 1. The maximum atomic E-state index is 13.8. The molecule has 1 aromatic carbocycles. The summed E-state index contributed by atoms with van der Waals surface area (Å²) in [6.45, 7) is 3.45. The van der Waals surface area contributed by atoms with Crippen LogP contribution in [-0.2, 0) is 0 Å².